The molecule has 2 atom stereocenters. The van der Waals surface area contributed by atoms with Crippen molar-refractivity contribution in [2.24, 2.45) is 0 Å². The third kappa shape index (κ3) is 6.63. The highest BCUT2D eigenvalue weighted by molar-refractivity contribution is 7.98. The topological polar surface area (TPSA) is 69.3 Å². The standard InChI is InChI=1S/C33H39FN2O5S/c1-5-21-13-26(34)14-22(6-2)32(21)35-31(37)19-36-18-25(24-16-29(38-3)33-30(17-24)40-20-41-33)15-28(36)23-7-9-27(10-8-23)39-11-12-42-4/h7-10,13-14,16-17,25,28H,5-6,11-12,15,18-20H2,1-4H3,(H,35,37)/t25-,28-/m1/s1. The molecule has 9 heteroatoms. The van der Waals surface area contributed by atoms with E-state index >= 15 is 0 Å². The van der Waals surface area contributed by atoms with Crippen LogP contribution in [-0.4, -0.2) is 56.4 Å². The Morgan fingerprint density at radius 2 is 1.81 bits per heavy atom. The van der Waals surface area contributed by atoms with Gasteiger partial charge in [-0.1, -0.05) is 26.0 Å². The van der Waals surface area contributed by atoms with E-state index < -0.39 is 0 Å². The molecule has 1 amide bonds. The van der Waals surface area contributed by atoms with Gasteiger partial charge in [0.15, 0.2) is 11.5 Å². The van der Waals surface area contributed by atoms with E-state index in [1.807, 2.05) is 38.1 Å². The van der Waals surface area contributed by atoms with E-state index in [0.717, 1.165) is 45.9 Å². The second kappa shape index (κ2) is 13.7. The number of halogens is 1. The number of likely N-dealkylation sites (tertiary alicyclic amines) is 1. The minimum Gasteiger partial charge on any atom is -0.493 e. The van der Waals surface area contributed by atoms with Crippen molar-refractivity contribution < 1.29 is 28.1 Å². The first kappa shape index (κ1) is 30.0. The van der Waals surface area contributed by atoms with Gasteiger partial charge in [-0.25, -0.2) is 4.39 Å². The summed E-state index contributed by atoms with van der Waals surface area (Å²) < 4.78 is 37.0. The number of rotatable bonds is 12. The molecule has 3 aromatic rings. The van der Waals surface area contributed by atoms with E-state index in [4.69, 9.17) is 18.9 Å². The van der Waals surface area contributed by atoms with Crippen molar-refractivity contribution in [3.8, 4) is 23.0 Å². The minimum absolute atomic E-state index is 0.0157. The van der Waals surface area contributed by atoms with Gasteiger partial charge in [0.2, 0.25) is 18.4 Å². The number of methoxy groups -OCH3 is 1. The van der Waals surface area contributed by atoms with Gasteiger partial charge in [0, 0.05) is 24.0 Å². The molecule has 42 heavy (non-hydrogen) atoms. The molecule has 5 rings (SSSR count). The number of fused-ring (bicyclic) bond motifs is 1. The lowest BCUT2D eigenvalue weighted by Gasteiger charge is -2.25. The lowest BCUT2D eigenvalue weighted by atomic mass is 9.93. The van der Waals surface area contributed by atoms with E-state index in [1.165, 1.54) is 12.1 Å². The monoisotopic (exact) mass is 594 g/mol. The Kier molecular flexibility index (Phi) is 9.80. The fourth-order valence-electron chi connectivity index (χ4n) is 5.89. The van der Waals surface area contributed by atoms with Gasteiger partial charge in [0.25, 0.3) is 0 Å². The predicted molar refractivity (Wildman–Crippen MR) is 165 cm³/mol. The summed E-state index contributed by atoms with van der Waals surface area (Å²) in [5.74, 6) is 3.48. The predicted octanol–water partition coefficient (Wildman–Crippen LogP) is 6.60. The maximum absolute atomic E-state index is 14.2. The van der Waals surface area contributed by atoms with E-state index in [1.54, 1.807) is 18.9 Å². The smallest absolute Gasteiger partial charge is 0.238 e. The van der Waals surface area contributed by atoms with E-state index in [0.29, 0.717) is 43.2 Å². The molecule has 1 N–H and O–H groups in total. The molecular formula is C33H39FN2O5S. The first-order valence-electron chi connectivity index (χ1n) is 14.5. The molecule has 0 radical (unpaired) electrons. The average Bonchev–Trinajstić information content (AvgIpc) is 3.65. The van der Waals surface area contributed by atoms with Crippen LogP contribution in [0.1, 0.15) is 54.5 Å². The zero-order valence-corrected chi connectivity index (χ0v) is 25.5. The number of amides is 1. The number of hydrogen-bond acceptors (Lipinski definition) is 7. The van der Waals surface area contributed by atoms with Gasteiger partial charge < -0.3 is 24.3 Å². The highest BCUT2D eigenvalue weighted by Gasteiger charge is 2.36. The molecule has 2 aliphatic heterocycles. The second-order valence-electron chi connectivity index (χ2n) is 10.6. The molecule has 1 fully saturated rings. The van der Waals surface area contributed by atoms with Gasteiger partial charge in [-0.3, -0.25) is 9.69 Å². The van der Waals surface area contributed by atoms with Gasteiger partial charge in [0.1, 0.15) is 11.6 Å². The van der Waals surface area contributed by atoms with Crippen LogP contribution in [0.4, 0.5) is 10.1 Å². The fourth-order valence-corrected chi connectivity index (χ4v) is 6.14. The van der Waals surface area contributed by atoms with Crippen molar-refractivity contribution in [3.05, 3.63) is 76.6 Å². The van der Waals surface area contributed by atoms with Gasteiger partial charge in [-0.15, -0.1) is 0 Å². The third-order valence-electron chi connectivity index (χ3n) is 8.02. The van der Waals surface area contributed by atoms with Crippen LogP contribution in [0.3, 0.4) is 0 Å². The number of carbonyl (C=O) groups is 1. The van der Waals surface area contributed by atoms with E-state index in [-0.39, 0.29) is 37.0 Å². The number of benzene rings is 3. The summed E-state index contributed by atoms with van der Waals surface area (Å²) >= 11 is 1.75. The van der Waals surface area contributed by atoms with Crippen molar-refractivity contribution in [1.82, 2.24) is 4.90 Å². The zero-order chi connectivity index (χ0) is 29.6. The Balaban J connectivity index is 1.40. The number of carbonyl (C=O) groups excluding carboxylic acids is 1. The van der Waals surface area contributed by atoms with Gasteiger partial charge >= 0.3 is 0 Å². The van der Waals surface area contributed by atoms with Crippen LogP contribution in [0.2, 0.25) is 0 Å². The van der Waals surface area contributed by atoms with Gasteiger partial charge in [0.05, 0.1) is 20.3 Å². The normalized spacial score (nSPS) is 17.8. The van der Waals surface area contributed by atoms with Crippen LogP contribution in [0, 0.1) is 5.82 Å². The molecule has 7 nitrogen and oxygen atoms in total. The number of anilines is 1. The molecule has 0 bridgehead atoms. The summed E-state index contributed by atoms with van der Waals surface area (Å²) in [5, 5.41) is 3.13. The van der Waals surface area contributed by atoms with E-state index in [2.05, 4.69) is 28.6 Å². The largest absolute Gasteiger partial charge is 0.493 e. The molecule has 0 saturated carbocycles. The van der Waals surface area contributed by atoms with Crippen LogP contribution in [0.15, 0.2) is 48.5 Å². The molecule has 2 heterocycles. The van der Waals surface area contributed by atoms with Crippen LogP contribution in [0.25, 0.3) is 0 Å². The minimum atomic E-state index is -0.274. The summed E-state index contributed by atoms with van der Waals surface area (Å²) in [6.07, 6.45) is 4.14. The molecular weight excluding hydrogens is 555 g/mol. The Labute approximate surface area is 251 Å². The van der Waals surface area contributed by atoms with Crippen LogP contribution in [0.5, 0.6) is 23.0 Å². The second-order valence-corrected chi connectivity index (χ2v) is 11.6. The van der Waals surface area contributed by atoms with Crippen molar-refractivity contribution in [2.45, 2.75) is 45.1 Å². The molecule has 224 valence electrons. The fraction of sp³-hybridized carbons (Fsp3) is 0.424. The van der Waals surface area contributed by atoms with Gasteiger partial charge in [-0.05, 0) is 90.1 Å². The Morgan fingerprint density at radius 3 is 2.48 bits per heavy atom. The molecule has 0 unspecified atom stereocenters. The number of hydrogen-bond donors (Lipinski definition) is 1. The number of nitrogens with one attached hydrogen (secondary N) is 1. The highest BCUT2D eigenvalue weighted by Crippen LogP contribution is 2.47. The first-order valence-corrected chi connectivity index (χ1v) is 15.9. The molecule has 0 aromatic heterocycles. The molecule has 2 aliphatic rings. The number of thioether (sulfide) groups is 1. The Morgan fingerprint density at radius 1 is 1.07 bits per heavy atom. The van der Waals surface area contributed by atoms with Crippen molar-refractivity contribution in [1.29, 1.82) is 0 Å². The number of ether oxygens (including phenoxy) is 4. The van der Waals surface area contributed by atoms with Crippen LogP contribution < -0.4 is 24.3 Å². The lowest BCUT2D eigenvalue weighted by molar-refractivity contribution is -0.117. The summed E-state index contributed by atoms with van der Waals surface area (Å²) in [4.78, 5) is 15.8. The summed E-state index contributed by atoms with van der Waals surface area (Å²) in [6, 6.07) is 15.3. The van der Waals surface area contributed by atoms with Crippen molar-refractivity contribution in [2.75, 3.05) is 50.9 Å². The van der Waals surface area contributed by atoms with Gasteiger partial charge in [-0.2, -0.15) is 11.8 Å². The molecule has 1 saturated heterocycles. The molecule has 0 spiro atoms. The quantitative estimate of drug-likeness (QED) is 0.237. The SMILES string of the molecule is CCc1cc(F)cc(CC)c1NC(=O)CN1C[C@H](c2cc(OC)c3c(c2)OCO3)C[C@@H]1c1ccc(OCCSC)cc1. The first-order chi connectivity index (χ1) is 20.4. The summed E-state index contributed by atoms with van der Waals surface area (Å²) in [5.41, 5.74) is 4.55. The maximum Gasteiger partial charge on any atom is 0.238 e. The van der Waals surface area contributed by atoms with Crippen LogP contribution in [-0.2, 0) is 17.6 Å². The Bertz CT molecular complexity index is 1370. The van der Waals surface area contributed by atoms with Crippen LogP contribution >= 0.6 is 11.8 Å². The number of aryl methyl sites for hydroxylation is 2. The summed E-state index contributed by atoms with van der Waals surface area (Å²) in [6.45, 7) is 5.66. The number of nitrogens with zero attached hydrogens (tertiary/aromatic N) is 1. The molecule has 0 aliphatic carbocycles. The van der Waals surface area contributed by atoms with Crippen molar-refractivity contribution in [3.63, 3.8) is 0 Å². The maximum atomic E-state index is 14.2. The third-order valence-corrected chi connectivity index (χ3v) is 8.59. The summed E-state index contributed by atoms with van der Waals surface area (Å²) in [7, 11) is 1.63. The zero-order valence-electron chi connectivity index (χ0n) is 24.7. The Hall–Kier alpha value is -3.43. The van der Waals surface area contributed by atoms with Crippen molar-refractivity contribution >= 4 is 23.4 Å². The highest BCUT2D eigenvalue weighted by atomic mass is 32.2. The van der Waals surface area contributed by atoms with E-state index in [9.17, 15) is 9.18 Å². The molecule has 3 aromatic carbocycles. The average molecular weight is 595 g/mol. The lowest BCUT2D eigenvalue weighted by Crippen LogP contribution is -2.33.